The Morgan fingerprint density at radius 1 is 1.17 bits per heavy atom. The molecule has 0 saturated heterocycles. The molecule has 1 rings (SSSR count). The lowest BCUT2D eigenvalue weighted by molar-refractivity contribution is 0.129. The molecule has 0 aliphatic carbocycles. The monoisotopic (exact) mass is 339 g/mol. The first kappa shape index (κ1) is 20.4. The lowest BCUT2D eigenvalue weighted by atomic mass is 10.2. The molecule has 1 heterocycles. The third-order valence-electron chi connectivity index (χ3n) is 3.48. The fraction of sp³-hybridized carbons (Fsp3) is 0.824. The van der Waals surface area contributed by atoms with Gasteiger partial charge in [0.05, 0.1) is 0 Å². The van der Waals surface area contributed by atoms with E-state index in [0.29, 0.717) is 11.8 Å². The topological polar surface area (TPSA) is 84.6 Å². The van der Waals surface area contributed by atoms with E-state index in [4.69, 9.17) is 9.26 Å². The van der Waals surface area contributed by atoms with Crippen LogP contribution in [0.15, 0.2) is 9.52 Å². The predicted octanol–water partition coefficient (Wildman–Crippen LogP) is 2.50. The van der Waals surface area contributed by atoms with E-state index in [1.165, 1.54) is 6.42 Å². The van der Waals surface area contributed by atoms with Gasteiger partial charge in [0.2, 0.25) is 5.89 Å². The first-order valence-electron chi connectivity index (χ1n) is 9.02. The number of aromatic nitrogens is 2. The number of unbranched alkanes of at least 4 members (excludes halogenated alkanes) is 1. The largest absolute Gasteiger partial charge is 0.381 e. The van der Waals surface area contributed by atoms with Crippen molar-refractivity contribution in [3.63, 3.8) is 0 Å². The summed E-state index contributed by atoms with van der Waals surface area (Å²) in [6, 6.07) is 0. The average molecular weight is 339 g/mol. The standard InChI is InChI=1S/C17H33N5O2/c1-5-6-12-23-13-8-11-20-17(18-4)19-10-7-9-15-21-16(14(2)3)22-24-15/h14H,5-13H2,1-4H3,(H2,18,19,20). The summed E-state index contributed by atoms with van der Waals surface area (Å²) in [5, 5.41) is 10.5. The number of rotatable bonds is 12. The second-order valence-electron chi connectivity index (χ2n) is 6.05. The van der Waals surface area contributed by atoms with Gasteiger partial charge >= 0.3 is 0 Å². The molecule has 0 spiro atoms. The summed E-state index contributed by atoms with van der Waals surface area (Å²) in [6.45, 7) is 9.60. The Bertz CT molecular complexity index is 460. The SMILES string of the molecule is CCCCOCCCNC(=NC)NCCCc1nc(C(C)C)no1. The molecule has 1 aromatic rings. The van der Waals surface area contributed by atoms with Crippen molar-refractivity contribution in [1.82, 2.24) is 20.8 Å². The second-order valence-corrected chi connectivity index (χ2v) is 6.05. The molecule has 0 fully saturated rings. The van der Waals surface area contributed by atoms with Crippen molar-refractivity contribution >= 4 is 5.96 Å². The van der Waals surface area contributed by atoms with E-state index in [1.807, 2.05) is 0 Å². The number of nitrogens with zero attached hydrogens (tertiary/aromatic N) is 3. The van der Waals surface area contributed by atoms with E-state index in [9.17, 15) is 0 Å². The van der Waals surface area contributed by atoms with Crippen LogP contribution in [0.5, 0.6) is 0 Å². The fourth-order valence-corrected chi connectivity index (χ4v) is 2.00. The molecule has 2 N–H and O–H groups in total. The molecular weight excluding hydrogens is 306 g/mol. The Balaban J connectivity index is 2.07. The van der Waals surface area contributed by atoms with Crippen molar-refractivity contribution < 1.29 is 9.26 Å². The molecule has 0 aliphatic heterocycles. The van der Waals surface area contributed by atoms with E-state index in [-0.39, 0.29) is 0 Å². The van der Waals surface area contributed by atoms with Crippen LogP contribution in [0.4, 0.5) is 0 Å². The summed E-state index contributed by atoms with van der Waals surface area (Å²) in [4.78, 5) is 8.58. The van der Waals surface area contributed by atoms with Crippen molar-refractivity contribution in [3.05, 3.63) is 11.7 Å². The third-order valence-corrected chi connectivity index (χ3v) is 3.48. The van der Waals surface area contributed by atoms with Gasteiger partial charge in [-0.3, -0.25) is 4.99 Å². The Labute approximate surface area is 145 Å². The minimum absolute atomic E-state index is 0.301. The number of aryl methyl sites for hydroxylation is 1. The molecule has 0 unspecified atom stereocenters. The van der Waals surface area contributed by atoms with Crippen LogP contribution in [0, 0.1) is 0 Å². The molecule has 24 heavy (non-hydrogen) atoms. The maximum Gasteiger partial charge on any atom is 0.226 e. The number of hydrogen-bond donors (Lipinski definition) is 2. The van der Waals surface area contributed by atoms with E-state index in [2.05, 4.69) is 46.5 Å². The molecule has 7 nitrogen and oxygen atoms in total. The van der Waals surface area contributed by atoms with Crippen molar-refractivity contribution in [2.75, 3.05) is 33.4 Å². The Morgan fingerprint density at radius 3 is 2.50 bits per heavy atom. The zero-order valence-corrected chi connectivity index (χ0v) is 15.6. The van der Waals surface area contributed by atoms with Crippen LogP contribution >= 0.6 is 0 Å². The number of aliphatic imine (C=N–C) groups is 1. The highest BCUT2D eigenvalue weighted by Crippen LogP contribution is 2.10. The van der Waals surface area contributed by atoms with Gasteiger partial charge in [-0.05, 0) is 19.3 Å². The summed E-state index contributed by atoms with van der Waals surface area (Å²) in [5.41, 5.74) is 0. The van der Waals surface area contributed by atoms with Gasteiger partial charge in [-0.2, -0.15) is 4.98 Å². The van der Waals surface area contributed by atoms with E-state index >= 15 is 0 Å². The van der Waals surface area contributed by atoms with Crippen LogP contribution in [-0.4, -0.2) is 49.5 Å². The zero-order chi connectivity index (χ0) is 17.6. The minimum Gasteiger partial charge on any atom is -0.381 e. The summed E-state index contributed by atoms with van der Waals surface area (Å²) < 4.78 is 10.8. The van der Waals surface area contributed by atoms with Crippen molar-refractivity contribution in [2.45, 2.75) is 58.8 Å². The first-order chi connectivity index (χ1) is 11.7. The van der Waals surface area contributed by atoms with Gasteiger partial charge in [-0.1, -0.05) is 32.3 Å². The van der Waals surface area contributed by atoms with Gasteiger partial charge < -0.3 is 19.9 Å². The van der Waals surface area contributed by atoms with Crippen LogP contribution in [0.3, 0.4) is 0 Å². The summed E-state index contributed by atoms with van der Waals surface area (Å²) in [5.74, 6) is 2.59. The highest BCUT2D eigenvalue weighted by atomic mass is 16.5. The van der Waals surface area contributed by atoms with Crippen molar-refractivity contribution in [1.29, 1.82) is 0 Å². The maximum absolute atomic E-state index is 5.53. The smallest absolute Gasteiger partial charge is 0.226 e. The Kier molecular flexibility index (Phi) is 10.8. The molecule has 0 saturated carbocycles. The number of guanidine groups is 1. The van der Waals surface area contributed by atoms with Crippen LogP contribution in [0.25, 0.3) is 0 Å². The normalized spacial score (nSPS) is 12.0. The van der Waals surface area contributed by atoms with Crippen LogP contribution in [0.1, 0.15) is 64.1 Å². The van der Waals surface area contributed by atoms with Gasteiger partial charge in [-0.25, -0.2) is 0 Å². The summed E-state index contributed by atoms with van der Waals surface area (Å²) in [7, 11) is 1.78. The Hall–Kier alpha value is -1.63. The maximum atomic E-state index is 5.53. The molecule has 0 radical (unpaired) electrons. The number of hydrogen-bond acceptors (Lipinski definition) is 5. The lowest BCUT2D eigenvalue weighted by Gasteiger charge is -2.11. The average Bonchev–Trinajstić information content (AvgIpc) is 3.05. The summed E-state index contributed by atoms with van der Waals surface area (Å²) in [6.07, 6.45) is 4.98. The molecule has 0 bridgehead atoms. The minimum atomic E-state index is 0.301. The number of ether oxygens (including phenoxy) is 1. The first-order valence-corrected chi connectivity index (χ1v) is 9.02. The molecule has 7 heteroatoms. The van der Waals surface area contributed by atoms with Gasteiger partial charge in [-0.15, -0.1) is 0 Å². The molecule has 0 aliphatic rings. The van der Waals surface area contributed by atoms with E-state index < -0.39 is 0 Å². The van der Waals surface area contributed by atoms with Gasteiger partial charge in [0.1, 0.15) is 0 Å². The molecule has 1 aromatic heterocycles. The molecular formula is C17H33N5O2. The third kappa shape index (κ3) is 8.86. The van der Waals surface area contributed by atoms with E-state index in [0.717, 1.165) is 63.8 Å². The molecule has 0 amide bonds. The highest BCUT2D eigenvalue weighted by molar-refractivity contribution is 5.79. The highest BCUT2D eigenvalue weighted by Gasteiger charge is 2.09. The Morgan fingerprint density at radius 2 is 1.88 bits per heavy atom. The van der Waals surface area contributed by atoms with Gasteiger partial charge in [0.15, 0.2) is 11.8 Å². The quantitative estimate of drug-likeness (QED) is 0.346. The summed E-state index contributed by atoms with van der Waals surface area (Å²) >= 11 is 0. The van der Waals surface area contributed by atoms with Crippen LogP contribution in [0.2, 0.25) is 0 Å². The van der Waals surface area contributed by atoms with Gasteiger partial charge in [0, 0.05) is 45.7 Å². The molecule has 0 atom stereocenters. The van der Waals surface area contributed by atoms with Crippen LogP contribution in [-0.2, 0) is 11.2 Å². The van der Waals surface area contributed by atoms with Gasteiger partial charge in [0.25, 0.3) is 0 Å². The van der Waals surface area contributed by atoms with Crippen molar-refractivity contribution in [2.24, 2.45) is 4.99 Å². The second kappa shape index (κ2) is 12.8. The molecule has 0 aromatic carbocycles. The van der Waals surface area contributed by atoms with Crippen LogP contribution < -0.4 is 10.6 Å². The van der Waals surface area contributed by atoms with Crippen molar-refractivity contribution in [3.8, 4) is 0 Å². The fourth-order valence-electron chi connectivity index (χ4n) is 2.00. The lowest BCUT2D eigenvalue weighted by Crippen LogP contribution is -2.38. The predicted molar refractivity (Wildman–Crippen MR) is 96.4 cm³/mol. The zero-order valence-electron chi connectivity index (χ0n) is 15.6. The number of nitrogens with one attached hydrogen (secondary N) is 2. The molecule has 138 valence electrons. The van der Waals surface area contributed by atoms with E-state index in [1.54, 1.807) is 7.05 Å².